The molecule has 39 heavy (non-hydrogen) atoms. The molecule has 1 amide bonds. The van der Waals surface area contributed by atoms with Crippen LogP contribution in [0.3, 0.4) is 0 Å². The van der Waals surface area contributed by atoms with E-state index in [9.17, 15) is 24.4 Å². The number of para-hydroxylation sites is 1. The fraction of sp³-hybridized carbons (Fsp3) is 0.500. The maximum atomic E-state index is 13.8. The van der Waals surface area contributed by atoms with E-state index in [0.29, 0.717) is 0 Å². The molecule has 1 aromatic carbocycles. The number of nitrogens with one attached hydrogen (secondary N) is 1. The van der Waals surface area contributed by atoms with E-state index < -0.39 is 56.8 Å². The van der Waals surface area contributed by atoms with Gasteiger partial charge in [0.25, 0.3) is 12.1 Å². The van der Waals surface area contributed by atoms with Crippen LogP contribution in [0.5, 0.6) is 5.75 Å². The number of carbonyl (C=O) groups excluding carboxylic acids is 2. The lowest BCUT2D eigenvalue weighted by Gasteiger charge is -2.26. The van der Waals surface area contributed by atoms with Crippen LogP contribution >= 0.6 is 7.75 Å². The molecule has 2 aliphatic rings. The lowest BCUT2D eigenvalue weighted by molar-refractivity contribution is -0.765. The molecule has 1 unspecified atom stereocenters. The lowest BCUT2D eigenvalue weighted by Crippen LogP contribution is -2.46. The number of aliphatic hydroxyl groups is 2. The topological polar surface area (TPSA) is 171 Å². The fourth-order valence-corrected chi connectivity index (χ4v) is 6.03. The lowest BCUT2D eigenvalue weighted by atomic mass is 9.98. The number of amides is 1. The molecule has 0 bridgehead atoms. The third kappa shape index (κ3) is 7.63. The van der Waals surface area contributed by atoms with Gasteiger partial charge in [-0.25, -0.2) is 4.57 Å². The Labute approximate surface area is 226 Å². The Morgan fingerprint density at radius 1 is 1.13 bits per heavy atom. The summed E-state index contributed by atoms with van der Waals surface area (Å²) < 4.78 is 37.8. The third-order valence-electron chi connectivity index (χ3n) is 6.66. The number of benzene rings is 1. The molecule has 1 saturated heterocycles. The van der Waals surface area contributed by atoms with Gasteiger partial charge < -0.3 is 29.9 Å². The van der Waals surface area contributed by atoms with E-state index in [1.165, 1.54) is 23.8 Å². The van der Waals surface area contributed by atoms with Crippen LogP contribution in [0.4, 0.5) is 0 Å². The van der Waals surface area contributed by atoms with Crippen LogP contribution in [-0.2, 0) is 23.4 Å². The van der Waals surface area contributed by atoms with E-state index in [2.05, 4.69) is 5.09 Å². The Bertz CT molecular complexity index is 1180. The highest BCUT2D eigenvalue weighted by Gasteiger charge is 2.49. The zero-order valence-electron chi connectivity index (χ0n) is 21.6. The van der Waals surface area contributed by atoms with Crippen LogP contribution in [0.2, 0.25) is 0 Å². The van der Waals surface area contributed by atoms with Crippen LogP contribution in [0.15, 0.2) is 54.9 Å². The molecule has 2 fully saturated rings. The summed E-state index contributed by atoms with van der Waals surface area (Å²) in [7, 11) is -4.21. The smallest absolute Gasteiger partial charge is 0.459 e. The van der Waals surface area contributed by atoms with Gasteiger partial charge in [-0.3, -0.25) is 14.1 Å². The second kappa shape index (κ2) is 13.0. The first-order chi connectivity index (χ1) is 18.6. The van der Waals surface area contributed by atoms with Crippen LogP contribution in [0, 0.1) is 0 Å². The average Bonchev–Trinajstić information content (AvgIpc) is 3.22. The first kappa shape index (κ1) is 29.1. The normalized spacial score (nSPS) is 25.9. The highest BCUT2D eigenvalue weighted by molar-refractivity contribution is 7.52. The fourth-order valence-electron chi connectivity index (χ4n) is 4.53. The summed E-state index contributed by atoms with van der Waals surface area (Å²) in [4.78, 5) is 24.3. The van der Waals surface area contributed by atoms with Crippen molar-refractivity contribution < 1.29 is 47.5 Å². The van der Waals surface area contributed by atoms with Gasteiger partial charge in [0, 0.05) is 6.07 Å². The monoisotopic (exact) mass is 564 g/mol. The summed E-state index contributed by atoms with van der Waals surface area (Å²) in [5, 5.41) is 23.9. The highest BCUT2D eigenvalue weighted by atomic mass is 31.2. The highest BCUT2D eigenvalue weighted by Crippen LogP contribution is 2.46. The van der Waals surface area contributed by atoms with E-state index in [-0.39, 0.29) is 17.4 Å². The summed E-state index contributed by atoms with van der Waals surface area (Å²) in [6, 6.07) is 10.3. The van der Waals surface area contributed by atoms with Gasteiger partial charge in [-0.1, -0.05) is 24.6 Å². The molecule has 2 aromatic rings. The van der Waals surface area contributed by atoms with E-state index in [1.807, 2.05) is 0 Å². The Hall–Kier alpha value is -2.86. The number of nitrogens with zero attached hydrogens (tertiary/aromatic N) is 1. The predicted octanol–water partition coefficient (Wildman–Crippen LogP) is 1.75. The predicted molar refractivity (Wildman–Crippen MR) is 137 cm³/mol. The number of hydrogen-bond donors (Lipinski definition) is 4. The number of carbonyl (C=O) groups is 2. The SMILES string of the molecule is C[C@H](NP(=O)(OC[C@H]1O[C@H]([n+]2cccc(C(N)=O)c2)[C@H](O)[C@@H]1O)Oc1ccccc1)C(=O)OC1CCCCC1. The molecule has 2 heterocycles. The van der Waals surface area contributed by atoms with Crippen LogP contribution in [0.25, 0.3) is 0 Å². The summed E-state index contributed by atoms with van der Waals surface area (Å²) in [5.41, 5.74) is 5.51. The maximum Gasteiger partial charge on any atom is 0.459 e. The summed E-state index contributed by atoms with van der Waals surface area (Å²) in [5.74, 6) is -1.02. The zero-order valence-corrected chi connectivity index (χ0v) is 22.5. The molecule has 1 saturated carbocycles. The van der Waals surface area contributed by atoms with Gasteiger partial charge in [-0.2, -0.15) is 9.65 Å². The minimum atomic E-state index is -4.21. The minimum Gasteiger partial charge on any atom is -0.461 e. The Balaban J connectivity index is 1.44. The molecular formula is C26H35N3O9P+. The standard InChI is InChI=1S/C26H34N3O9P/c1-17(26(33)36-19-10-4-2-5-11-19)28-39(34,38-20-12-6-3-7-13-20)35-16-21-22(30)23(31)25(37-21)29-14-8-9-18(15-29)24(27)32/h3,6-9,12-15,17,19,21-23,25,30-31H,2,4-5,10-11,16H2,1H3,(H2-,27,28,32,34)/p+1/t17-,21+,22+,23+,25-,39?/m0/s1. The van der Waals surface area contributed by atoms with Crippen LogP contribution in [0.1, 0.15) is 55.6 Å². The van der Waals surface area contributed by atoms with Crippen LogP contribution in [-0.4, -0.2) is 59.2 Å². The van der Waals surface area contributed by atoms with Crippen molar-refractivity contribution >= 4 is 19.6 Å². The van der Waals surface area contributed by atoms with Gasteiger partial charge in [-0.15, -0.1) is 0 Å². The first-order valence-corrected chi connectivity index (χ1v) is 14.5. The number of ether oxygens (including phenoxy) is 2. The third-order valence-corrected chi connectivity index (χ3v) is 8.30. The number of aliphatic hydroxyl groups excluding tert-OH is 2. The summed E-state index contributed by atoms with van der Waals surface area (Å²) in [6.07, 6.45) is 2.40. The number of primary amides is 1. The zero-order chi connectivity index (χ0) is 28.0. The molecule has 0 radical (unpaired) electrons. The van der Waals surface area contributed by atoms with E-state index >= 15 is 0 Å². The van der Waals surface area contributed by atoms with Crippen molar-refractivity contribution in [1.82, 2.24) is 5.09 Å². The molecule has 1 aliphatic heterocycles. The van der Waals surface area contributed by atoms with Crippen molar-refractivity contribution in [3.63, 3.8) is 0 Å². The molecular weight excluding hydrogens is 529 g/mol. The molecule has 13 heteroatoms. The van der Waals surface area contributed by atoms with Crippen molar-refractivity contribution in [2.45, 2.75) is 75.7 Å². The Morgan fingerprint density at radius 3 is 2.54 bits per heavy atom. The summed E-state index contributed by atoms with van der Waals surface area (Å²) in [6.45, 7) is 1.05. The largest absolute Gasteiger partial charge is 0.461 e. The molecule has 6 atom stereocenters. The van der Waals surface area contributed by atoms with Crippen molar-refractivity contribution in [3.8, 4) is 5.75 Å². The quantitative estimate of drug-likeness (QED) is 0.179. The second-order valence-corrected chi connectivity index (χ2v) is 11.4. The average molecular weight is 565 g/mol. The number of esters is 1. The number of hydrogen-bond acceptors (Lipinski definition) is 9. The van der Waals surface area contributed by atoms with Gasteiger partial charge in [0.2, 0.25) is 0 Å². The van der Waals surface area contributed by atoms with E-state index in [0.717, 1.165) is 32.1 Å². The van der Waals surface area contributed by atoms with Gasteiger partial charge >= 0.3 is 13.7 Å². The van der Waals surface area contributed by atoms with Crippen molar-refractivity contribution in [2.75, 3.05) is 6.61 Å². The van der Waals surface area contributed by atoms with E-state index in [4.69, 9.17) is 24.3 Å². The molecule has 0 spiro atoms. The maximum absolute atomic E-state index is 13.8. The van der Waals surface area contributed by atoms with Crippen LogP contribution < -0.4 is 19.9 Å². The molecule has 5 N–H and O–H groups in total. The molecule has 12 nitrogen and oxygen atoms in total. The van der Waals surface area contributed by atoms with Crippen molar-refractivity contribution in [1.29, 1.82) is 0 Å². The second-order valence-electron chi connectivity index (χ2n) is 9.70. The van der Waals surface area contributed by atoms with E-state index in [1.54, 1.807) is 42.6 Å². The number of aromatic nitrogens is 1. The number of rotatable bonds is 11. The minimum absolute atomic E-state index is 0.182. The number of nitrogens with two attached hydrogens (primary N) is 1. The van der Waals surface area contributed by atoms with Gasteiger partial charge in [0.1, 0.15) is 35.7 Å². The Kier molecular flexibility index (Phi) is 9.71. The van der Waals surface area contributed by atoms with Crippen molar-refractivity contribution in [3.05, 3.63) is 60.4 Å². The van der Waals surface area contributed by atoms with Gasteiger partial charge in [-0.05, 0) is 50.8 Å². The Morgan fingerprint density at radius 2 is 1.85 bits per heavy atom. The number of pyridine rings is 1. The van der Waals surface area contributed by atoms with Gasteiger partial charge in [0.05, 0.1) is 6.61 Å². The molecule has 1 aromatic heterocycles. The molecule has 212 valence electrons. The van der Waals surface area contributed by atoms with Gasteiger partial charge in [0.15, 0.2) is 18.5 Å². The molecule has 1 aliphatic carbocycles. The molecule has 4 rings (SSSR count). The van der Waals surface area contributed by atoms with Crippen molar-refractivity contribution in [2.24, 2.45) is 5.73 Å². The summed E-state index contributed by atoms with van der Waals surface area (Å²) >= 11 is 0. The first-order valence-electron chi connectivity index (χ1n) is 12.9.